The molecule has 1 aromatic heterocycles. The lowest BCUT2D eigenvalue weighted by Crippen LogP contribution is -2.32. The first kappa shape index (κ1) is 13.3. The molecule has 104 valence electrons. The molecule has 5 heteroatoms. The van der Waals surface area contributed by atoms with Crippen LogP contribution in [-0.4, -0.2) is 30.1 Å². The summed E-state index contributed by atoms with van der Waals surface area (Å²) in [6.45, 7) is 1.30. The van der Waals surface area contributed by atoms with Gasteiger partial charge < -0.3 is 10.1 Å². The predicted octanol–water partition coefficient (Wildman–Crippen LogP) is 2.80. The SMILES string of the molecule is O=C(NC[C@@H]1CCCO1)c1cc2ccccc2c(Cl)n1. The van der Waals surface area contributed by atoms with Crippen molar-refractivity contribution in [3.63, 3.8) is 0 Å². The molecule has 2 heterocycles. The van der Waals surface area contributed by atoms with Gasteiger partial charge in [0.2, 0.25) is 0 Å². The van der Waals surface area contributed by atoms with E-state index < -0.39 is 0 Å². The summed E-state index contributed by atoms with van der Waals surface area (Å²) in [5.74, 6) is -0.215. The van der Waals surface area contributed by atoms with Gasteiger partial charge in [0.25, 0.3) is 5.91 Å². The number of aromatic nitrogens is 1. The average Bonchev–Trinajstić information content (AvgIpc) is 2.98. The van der Waals surface area contributed by atoms with E-state index in [1.807, 2.05) is 24.3 Å². The van der Waals surface area contributed by atoms with E-state index in [-0.39, 0.29) is 12.0 Å². The standard InChI is InChI=1S/C15H15ClN2O2/c16-14-12-6-2-1-4-10(12)8-13(18-14)15(19)17-9-11-5-3-7-20-11/h1-2,4,6,8,11H,3,5,7,9H2,(H,17,19)/t11-/m0/s1. The summed E-state index contributed by atoms with van der Waals surface area (Å²) in [5.41, 5.74) is 0.340. The van der Waals surface area contributed by atoms with Gasteiger partial charge in [-0.15, -0.1) is 0 Å². The molecule has 1 aromatic carbocycles. The molecule has 0 bridgehead atoms. The molecule has 1 N–H and O–H groups in total. The van der Waals surface area contributed by atoms with Gasteiger partial charge in [0.1, 0.15) is 10.8 Å². The molecule has 20 heavy (non-hydrogen) atoms. The summed E-state index contributed by atoms with van der Waals surface area (Å²) in [4.78, 5) is 16.3. The highest BCUT2D eigenvalue weighted by Gasteiger charge is 2.17. The van der Waals surface area contributed by atoms with Crippen molar-refractivity contribution in [1.29, 1.82) is 0 Å². The number of nitrogens with zero attached hydrogens (tertiary/aromatic N) is 1. The van der Waals surface area contributed by atoms with Crippen molar-refractivity contribution in [2.45, 2.75) is 18.9 Å². The third-order valence-electron chi connectivity index (χ3n) is 3.44. The minimum Gasteiger partial charge on any atom is -0.376 e. The molecule has 0 saturated carbocycles. The van der Waals surface area contributed by atoms with E-state index in [0.717, 1.165) is 30.2 Å². The molecule has 2 aromatic rings. The highest BCUT2D eigenvalue weighted by atomic mass is 35.5. The first-order chi connectivity index (χ1) is 9.74. The second kappa shape index (κ2) is 5.77. The zero-order chi connectivity index (χ0) is 13.9. The Morgan fingerprint density at radius 2 is 2.30 bits per heavy atom. The zero-order valence-corrected chi connectivity index (χ0v) is 11.7. The fourth-order valence-corrected chi connectivity index (χ4v) is 2.64. The van der Waals surface area contributed by atoms with Gasteiger partial charge in [-0.1, -0.05) is 35.9 Å². The molecule has 0 radical (unpaired) electrons. The van der Waals surface area contributed by atoms with Crippen molar-refractivity contribution in [3.8, 4) is 0 Å². The Kier molecular flexibility index (Phi) is 3.85. The van der Waals surface area contributed by atoms with Crippen molar-refractivity contribution in [2.75, 3.05) is 13.2 Å². The van der Waals surface area contributed by atoms with Gasteiger partial charge in [-0.05, 0) is 24.3 Å². The van der Waals surface area contributed by atoms with E-state index in [2.05, 4.69) is 10.3 Å². The molecular weight excluding hydrogens is 276 g/mol. The molecular formula is C15H15ClN2O2. The maximum atomic E-state index is 12.1. The van der Waals surface area contributed by atoms with Crippen LogP contribution in [0, 0.1) is 0 Å². The van der Waals surface area contributed by atoms with Gasteiger partial charge in [-0.25, -0.2) is 4.98 Å². The average molecular weight is 291 g/mol. The molecule has 0 unspecified atom stereocenters. The second-order valence-corrected chi connectivity index (χ2v) is 5.22. The van der Waals surface area contributed by atoms with Crippen LogP contribution >= 0.6 is 11.6 Å². The summed E-state index contributed by atoms with van der Waals surface area (Å²) < 4.78 is 5.47. The monoisotopic (exact) mass is 290 g/mol. The van der Waals surface area contributed by atoms with Crippen LogP contribution in [0.5, 0.6) is 0 Å². The number of carbonyl (C=O) groups is 1. The Morgan fingerprint density at radius 3 is 3.10 bits per heavy atom. The normalized spacial score (nSPS) is 18.4. The Balaban J connectivity index is 1.77. The lowest BCUT2D eigenvalue weighted by Gasteiger charge is -2.11. The Labute approximate surface area is 122 Å². The van der Waals surface area contributed by atoms with E-state index in [9.17, 15) is 4.79 Å². The largest absolute Gasteiger partial charge is 0.376 e. The van der Waals surface area contributed by atoms with Crippen molar-refractivity contribution < 1.29 is 9.53 Å². The van der Waals surface area contributed by atoms with E-state index in [1.165, 1.54) is 0 Å². The van der Waals surface area contributed by atoms with E-state index in [0.29, 0.717) is 17.4 Å². The maximum absolute atomic E-state index is 12.1. The highest BCUT2D eigenvalue weighted by molar-refractivity contribution is 6.34. The van der Waals surface area contributed by atoms with Crippen molar-refractivity contribution >= 4 is 28.3 Å². The number of rotatable bonds is 3. The van der Waals surface area contributed by atoms with Crippen LogP contribution in [0.2, 0.25) is 5.15 Å². The quantitative estimate of drug-likeness (QED) is 0.885. The summed E-state index contributed by atoms with van der Waals surface area (Å²) in [7, 11) is 0. The molecule has 1 aliphatic heterocycles. The number of hydrogen-bond donors (Lipinski definition) is 1. The molecule has 3 rings (SSSR count). The number of hydrogen-bond acceptors (Lipinski definition) is 3. The van der Waals surface area contributed by atoms with Crippen LogP contribution in [0.4, 0.5) is 0 Å². The summed E-state index contributed by atoms with van der Waals surface area (Å²) in [6.07, 6.45) is 2.17. The molecule has 0 aliphatic carbocycles. The number of nitrogens with one attached hydrogen (secondary N) is 1. The maximum Gasteiger partial charge on any atom is 0.270 e. The molecule has 0 spiro atoms. The van der Waals surface area contributed by atoms with Gasteiger partial charge in [-0.2, -0.15) is 0 Å². The fourth-order valence-electron chi connectivity index (χ4n) is 2.38. The van der Waals surface area contributed by atoms with E-state index in [4.69, 9.17) is 16.3 Å². The van der Waals surface area contributed by atoms with Crippen LogP contribution in [0.15, 0.2) is 30.3 Å². The lowest BCUT2D eigenvalue weighted by molar-refractivity contribution is 0.0854. The molecule has 1 amide bonds. The number of carbonyl (C=O) groups excluding carboxylic acids is 1. The Hall–Kier alpha value is -1.65. The van der Waals surface area contributed by atoms with Crippen molar-refractivity contribution in [3.05, 3.63) is 41.2 Å². The first-order valence-corrected chi connectivity index (χ1v) is 7.07. The fraction of sp³-hybridized carbons (Fsp3) is 0.333. The summed E-state index contributed by atoms with van der Waals surface area (Å²) in [5, 5.41) is 4.96. The molecule has 1 fully saturated rings. The summed E-state index contributed by atoms with van der Waals surface area (Å²) in [6, 6.07) is 9.37. The van der Waals surface area contributed by atoms with E-state index >= 15 is 0 Å². The van der Waals surface area contributed by atoms with Crippen LogP contribution < -0.4 is 5.32 Å². The van der Waals surface area contributed by atoms with Gasteiger partial charge in [0.05, 0.1) is 6.10 Å². The van der Waals surface area contributed by atoms with Crippen LogP contribution in [-0.2, 0) is 4.74 Å². The predicted molar refractivity (Wildman–Crippen MR) is 78.1 cm³/mol. The molecule has 1 aliphatic rings. The number of ether oxygens (including phenoxy) is 1. The van der Waals surface area contributed by atoms with Gasteiger partial charge in [0.15, 0.2) is 0 Å². The van der Waals surface area contributed by atoms with Gasteiger partial charge >= 0.3 is 0 Å². The van der Waals surface area contributed by atoms with Crippen LogP contribution in [0.3, 0.4) is 0 Å². The molecule has 1 atom stereocenters. The molecule has 1 saturated heterocycles. The number of pyridine rings is 1. The smallest absolute Gasteiger partial charge is 0.270 e. The highest BCUT2D eigenvalue weighted by Crippen LogP contribution is 2.22. The van der Waals surface area contributed by atoms with Gasteiger partial charge in [0, 0.05) is 18.5 Å². The third kappa shape index (κ3) is 2.76. The first-order valence-electron chi connectivity index (χ1n) is 6.69. The summed E-state index contributed by atoms with van der Waals surface area (Å²) >= 11 is 6.12. The Morgan fingerprint density at radius 1 is 1.45 bits per heavy atom. The lowest BCUT2D eigenvalue weighted by atomic mass is 10.1. The number of amides is 1. The van der Waals surface area contributed by atoms with Crippen molar-refractivity contribution in [2.24, 2.45) is 0 Å². The molecule has 4 nitrogen and oxygen atoms in total. The van der Waals surface area contributed by atoms with E-state index in [1.54, 1.807) is 6.07 Å². The number of halogens is 1. The van der Waals surface area contributed by atoms with Crippen LogP contribution in [0.1, 0.15) is 23.3 Å². The van der Waals surface area contributed by atoms with Gasteiger partial charge in [-0.3, -0.25) is 4.79 Å². The number of fused-ring (bicyclic) bond motifs is 1. The number of benzene rings is 1. The minimum absolute atomic E-state index is 0.120. The van der Waals surface area contributed by atoms with Crippen molar-refractivity contribution in [1.82, 2.24) is 10.3 Å². The third-order valence-corrected chi connectivity index (χ3v) is 3.73. The topological polar surface area (TPSA) is 51.2 Å². The second-order valence-electron chi connectivity index (χ2n) is 4.86. The zero-order valence-electron chi connectivity index (χ0n) is 10.9. The van der Waals surface area contributed by atoms with Crippen LogP contribution in [0.25, 0.3) is 10.8 Å². The minimum atomic E-state index is -0.215. The Bertz CT molecular complexity index is 639.